The van der Waals surface area contributed by atoms with Crippen molar-refractivity contribution in [2.45, 2.75) is 583 Å². The van der Waals surface area contributed by atoms with Gasteiger partial charge >= 0.3 is 0 Å². The average molecular weight is 1470 g/mol. The zero-order chi connectivity index (χ0) is 78.3. The monoisotopic (exact) mass is 1470 g/mol. The summed E-state index contributed by atoms with van der Waals surface area (Å²) in [7, 11) is 0. The quantitative estimate of drug-likeness (QED) is 0.0533. The summed E-state index contributed by atoms with van der Waals surface area (Å²) in [5, 5.41) is 0. The molecule has 16 atom stereocenters. The minimum Gasteiger partial charge on any atom is -0.0654 e. The summed E-state index contributed by atoms with van der Waals surface area (Å²) in [6.45, 7) is 58.9. The topological polar surface area (TPSA) is 0 Å². The third kappa shape index (κ3) is 41.2. The minimum absolute atomic E-state index is 0.175. The van der Waals surface area contributed by atoms with E-state index in [2.05, 4.69) is 152 Å². The van der Waals surface area contributed by atoms with Crippen molar-refractivity contribution in [3.8, 4) is 0 Å². The van der Waals surface area contributed by atoms with E-state index in [9.17, 15) is 0 Å². The Labute approximate surface area is 671 Å². The van der Waals surface area contributed by atoms with Crippen LogP contribution in [0.15, 0.2) is 0 Å². The molecule has 0 aromatic rings. The van der Waals surface area contributed by atoms with Gasteiger partial charge < -0.3 is 0 Å². The van der Waals surface area contributed by atoms with Crippen molar-refractivity contribution in [3.63, 3.8) is 0 Å². The lowest BCUT2D eigenvalue weighted by Gasteiger charge is -2.74. The Morgan fingerprint density at radius 1 is 0.181 bits per heavy atom. The lowest BCUT2D eigenvalue weighted by Crippen LogP contribution is -2.67. The molecular weight excluding hydrogens is 1260 g/mol. The Morgan fingerprint density at radius 3 is 0.971 bits per heavy atom. The fourth-order valence-corrected chi connectivity index (χ4v) is 24.4. The molecular formula is C105H212. The first-order valence-electron chi connectivity index (χ1n) is 50.9. The van der Waals surface area contributed by atoms with E-state index in [0.29, 0.717) is 11.8 Å². The molecule has 0 radical (unpaired) electrons. The third-order valence-corrected chi connectivity index (χ3v) is 29.8. The van der Waals surface area contributed by atoms with Gasteiger partial charge in [-0.15, -0.1) is 0 Å². The van der Waals surface area contributed by atoms with E-state index in [0.717, 1.165) is 59.2 Å². The van der Waals surface area contributed by atoms with E-state index in [1.807, 2.05) is 0 Å². The van der Waals surface area contributed by atoms with Gasteiger partial charge in [0.25, 0.3) is 0 Å². The van der Waals surface area contributed by atoms with Crippen molar-refractivity contribution in [2.24, 2.45) is 92.7 Å². The van der Waals surface area contributed by atoms with Crippen molar-refractivity contribution in [1.29, 1.82) is 0 Å². The Morgan fingerprint density at radius 2 is 0.505 bits per heavy atom. The summed E-state index contributed by atoms with van der Waals surface area (Å²) in [5.41, 5.74) is 0.820. The van der Waals surface area contributed by atoms with Gasteiger partial charge in [-0.25, -0.2) is 0 Å². The number of rotatable bonds is 82. The van der Waals surface area contributed by atoms with Gasteiger partial charge in [-0.2, -0.15) is 0 Å². The SMILES string of the molecule is CCCCCCCC(C)C(CC(CCC)CCCCC)(C(C)CC(CCC)CCCCC)C(CC(C)CCCCCC)(CC(CCC)CCCCC)C(CCC(C)CCCCC)(CC(CCC)CCCCC)C(CCC)(CCCC(C)CCCC)C(CCCCC(C)CCC)CC(CCC)CCCCC. The highest BCUT2D eigenvalue weighted by molar-refractivity contribution is 5.20. The molecule has 105 heavy (non-hydrogen) atoms. The van der Waals surface area contributed by atoms with Crippen molar-refractivity contribution < 1.29 is 0 Å². The van der Waals surface area contributed by atoms with Crippen molar-refractivity contribution >= 4 is 0 Å². The van der Waals surface area contributed by atoms with Crippen molar-refractivity contribution in [3.05, 3.63) is 0 Å². The van der Waals surface area contributed by atoms with Crippen LogP contribution >= 0.6 is 0 Å². The first-order chi connectivity index (χ1) is 50.9. The molecule has 0 heterocycles. The van der Waals surface area contributed by atoms with Gasteiger partial charge in [0, 0.05) is 0 Å². The van der Waals surface area contributed by atoms with Crippen LogP contribution in [0.3, 0.4) is 0 Å². The van der Waals surface area contributed by atoms with Gasteiger partial charge in [0.2, 0.25) is 0 Å². The van der Waals surface area contributed by atoms with E-state index >= 15 is 0 Å². The molecule has 0 heteroatoms. The summed E-state index contributed by atoms with van der Waals surface area (Å²) in [4.78, 5) is 0. The fraction of sp³-hybridized carbons (Fsp3) is 1.00. The highest BCUT2D eigenvalue weighted by atomic mass is 14.8. The van der Waals surface area contributed by atoms with Gasteiger partial charge in [0.15, 0.2) is 0 Å². The molecule has 0 aromatic heterocycles. The third-order valence-electron chi connectivity index (χ3n) is 29.8. The number of hydrogen-bond acceptors (Lipinski definition) is 0. The van der Waals surface area contributed by atoms with Gasteiger partial charge in [-0.1, -0.05) is 518 Å². The molecule has 0 fully saturated rings. The van der Waals surface area contributed by atoms with Gasteiger partial charge in [-0.3, -0.25) is 0 Å². The highest BCUT2D eigenvalue weighted by Gasteiger charge is 2.71. The summed E-state index contributed by atoms with van der Waals surface area (Å²) < 4.78 is 0. The predicted octanol–water partition coefficient (Wildman–Crippen LogP) is 38.9. The predicted molar refractivity (Wildman–Crippen MR) is 486 cm³/mol. The van der Waals surface area contributed by atoms with E-state index in [-0.39, 0.29) is 21.7 Å². The first kappa shape index (κ1) is 105. The number of hydrogen-bond donors (Lipinski definition) is 0. The molecule has 0 amide bonds. The Balaban J connectivity index is 12.4. The molecule has 0 nitrogen and oxygen atoms in total. The lowest BCUT2D eigenvalue weighted by atomic mass is 9.30. The molecule has 632 valence electrons. The maximum atomic E-state index is 3.18. The second kappa shape index (κ2) is 68.4. The van der Waals surface area contributed by atoms with Crippen LogP contribution in [-0.2, 0) is 0 Å². The number of unbranched alkanes of at least 4 members (excludes halogenated alkanes) is 21. The van der Waals surface area contributed by atoms with Gasteiger partial charge in [-0.05, 0) is 157 Å². The van der Waals surface area contributed by atoms with Crippen LogP contribution in [0.5, 0.6) is 0 Å². The van der Waals surface area contributed by atoms with Crippen molar-refractivity contribution in [2.75, 3.05) is 0 Å². The van der Waals surface area contributed by atoms with E-state index in [1.54, 1.807) is 19.3 Å². The van der Waals surface area contributed by atoms with E-state index in [4.69, 9.17) is 0 Å². The van der Waals surface area contributed by atoms with Crippen LogP contribution in [0.2, 0.25) is 0 Å². The molecule has 0 bridgehead atoms. The lowest BCUT2D eigenvalue weighted by molar-refractivity contribution is -0.261. The zero-order valence-corrected chi connectivity index (χ0v) is 78.3. The van der Waals surface area contributed by atoms with Gasteiger partial charge in [0.1, 0.15) is 0 Å². The molecule has 0 rings (SSSR count). The van der Waals surface area contributed by atoms with Crippen LogP contribution in [-0.4, -0.2) is 0 Å². The molecule has 0 N–H and O–H groups in total. The maximum absolute atomic E-state index is 3.18. The van der Waals surface area contributed by atoms with Crippen LogP contribution in [0, 0.1) is 92.7 Å². The second-order valence-corrected chi connectivity index (χ2v) is 39.3. The Hall–Kier alpha value is 0. The summed E-state index contributed by atoms with van der Waals surface area (Å²) >= 11 is 0. The fourth-order valence-electron chi connectivity index (χ4n) is 24.4. The van der Waals surface area contributed by atoms with Crippen LogP contribution in [0.25, 0.3) is 0 Å². The Kier molecular flexibility index (Phi) is 68.4. The zero-order valence-electron chi connectivity index (χ0n) is 78.3. The molecule has 0 aliphatic heterocycles. The second-order valence-electron chi connectivity index (χ2n) is 39.3. The Bertz CT molecular complexity index is 1780. The molecule has 0 aliphatic carbocycles. The molecule has 0 saturated heterocycles. The first-order valence-corrected chi connectivity index (χ1v) is 50.9. The minimum atomic E-state index is 0.175. The van der Waals surface area contributed by atoms with Gasteiger partial charge in [0.05, 0.1) is 0 Å². The standard InChI is InChI=1S/C105H212/c1-23-39-48-50-58-73-94(21)105(89-100(67-37-15)78-56-46-30-8,95(22)84-96(63-33-11)74-52-42-26-4)104(86-93(20)71-57-49-40-24-2,88-99(66-36-14)77-55-45-29-7)103(83-80-92(19)69-51-41-25-3,87-98(65-35-13)76-54-44-28-6)102(81-38-16,82-61-72-91(18)68-47-31-9)101(79-60-59-70-90(17)62-32-10)85-97(64-34-12)75-53-43-27-5/h90-101H,23-89H2,1-22H3. The molecule has 0 aliphatic rings. The van der Waals surface area contributed by atoms with E-state index < -0.39 is 0 Å². The maximum Gasteiger partial charge on any atom is -0.0169 e. The summed E-state index contributed by atoms with van der Waals surface area (Å²) in [5.74, 6) is 9.38. The average Bonchev–Trinajstić information content (AvgIpc) is 0.676. The highest BCUT2D eigenvalue weighted by Crippen LogP contribution is 2.79. The van der Waals surface area contributed by atoms with E-state index in [1.165, 1.54) is 411 Å². The normalized spacial score (nSPS) is 18.1. The molecule has 0 saturated carbocycles. The summed E-state index contributed by atoms with van der Waals surface area (Å²) in [6.07, 6.45) is 96.4. The molecule has 16 unspecified atom stereocenters. The van der Waals surface area contributed by atoms with Crippen LogP contribution in [0.1, 0.15) is 583 Å². The largest absolute Gasteiger partial charge is 0.0654 e. The smallest absolute Gasteiger partial charge is 0.0169 e. The molecule has 0 spiro atoms. The summed E-state index contributed by atoms with van der Waals surface area (Å²) in [6, 6.07) is 0. The van der Waals surface area contributed by atoms with Crippen molar-refractivity contribution in [1.82, 2.24) is 0 Å². The molecule has 0 aromatic carbocycles. The van der Waals surface area contributed by atoms with Crippen LogP contribution < -0.4 is 0 Å². The van der Waals surface area contributed by atoms with Crippen LogP contribution in [0.4, 0.5) is 0 Å².